The monoisotopic (exact) mass is 280 g/mol. The van der Waals surface area contributed by atoms with Crippen molar-refractivity contribution in [2.75, 3.05) is 0 Å². The van der Waals surface area contributed by atoms with E-state index >= 15 is 0 Å². The molecule has 0 aromatic carbocycles. The van der Waals surface area contributed by atoms with Crippen LogP contribution in [0.5, 0.6) is 0 Å². The predicted molar refractivity (Wildman–Crippen MR) is 32.9 cm³/mol. The third-order valence-corrected chi connectivity index (χ3v) is 1.53. The molecule has 0 aromatic rings. The maximum atomic E-state index is 11.5. The van der Waals surface area contributed by atoms with Crippen molar-refractivity contribution in [2.45, 2.75) is 11.4 Å². The van der Waals surface area contributed by atoms with E-state index in [1.165, 1.54) is 0 Å². The van der Waals surface area contributed by atoms with Crippen LogP contribution in [-0.4, -0.2) is 24.4 Å². The molecule has 0 aromatic heterocycles. The Morgan fingerprint density at radius 2 is 1.25 bits per heavy atom. The van der Waals surface area contributed by atoms with Crippen LogP contribution in [0.1, 0.15) is 0 Å². The first-order chi connectivity index (χ1) is 4.50. The average molecular weight is 281 g/mol. The van der Waals surface area contributed by atoms with Crippen molar-refractivity contribution in [3.05, 3.63) is 0 Å². The molecule has 0 bridgehead atoms. The van der Waals surface area contributed by atoms with Gasteiger partial charge in [-0.05, 0) is 0 Å². The molecule has 0 aliphatic carbocycles. The zero-order valence-electron chi connectivity index (χ0n) is 4.97. The van der Waals surface area contributed by atoms with E-state index in [0.717, 1.165) is 0 Å². The molecule has 0 heterocycles. The van der Waals surface area contributed by atoms with E-state index in [2.05, 4.69) is 0 Å². The molecule has 0 aliphatic rings. The lowest BCUT2D eigenvalue weighted by Gasteiger charge is -2.15. The quantitative estimate of drug-likeness (QED) is 0.586. The van der Waals surface area contributed by atoms with E-state index < -0.39 is 21.5 Å². The molecule has 0 radical (unpaired) electrons. The third-order valence-electron chi connectivity index (χ3n) is 0.654. The van der Waals surface area contributed by atoms with Gasteiger partial charge < -0.3 is 0 Å². The van der Waals surface area contributed by atoms with Crippen molar-refractivity contribution in [2.24, 2.45) is 0 Å². The van der Waals surface area contributed by atoms with Gasteiger partial charge in [-0.3, -0.25) is 4.55 Å². The van der Waals surface area contributed by atoms with E-state index in [4.69, 9.17) is 4.55 Å². The van der Waals surface area contributed by atoms with Crippen LogP contribution in [0.2, 0.25) is 0 Å². The minimum absolute atomic E-state index is 0. The van der Waals surface area contributed by atoms with Crippen LogP contribution in [-0.2, 0) is 10.1 Å². The summed E-state index contributed by atoms with van der Waals surface area (Å²) >= 11 is 0. The van der Waals surface area contributed by atoms with Crippen molar-refractivity contribution >= 4 is 27.1 Å². The molecule has 3 nitrogen and oxygen atoms in total. The second-order valence-corrected chi connectivity index (χ2v) is 2.95. The Balaban J connectivity index is 0. The van der Waals surface area contributed by atoms with Crippen molar-refractivity contribution in [1.82, 2.24) is 0 Å². The van der Waals surface area contributed by atoms with Crippen molar-refractivity contribution in [3.8, 4) is 0 Å². The number of hydrogen-bond donors (Lipinski definition) is 1. The largest absolute Gasteiger partial charge is 0.472 e. The molecule has 0 unspecified atom stereocenters. The molecule has 0 atom stereocenters. The van der Waals surface area contributed by atoms with Gasteiger partial charge in [0.25, 0.3) is 0 Å². The number of rotatable bonds is 1. The fourth-order valence-corrected chi connectivity index (χ4v) is 0.439. The van der Waals surface area contributed by atoms with E-state index in [0.29, 0.717) is 0 Å². The normalized spacial score (nSPS) is 13.8. The molecule has 76 valence electrons. The maximum absolute atomic E-state index is 11.5. The fourth-order valence-electron chi connectivity index (χ4n) is 0.146. The van der Waals surface area contributed by atoms with E-state index in [1.807, 2.05) is 0 Å². The Labute approximate surface area is 74.1 Å². The molecular weight excluding hydrogens is 279 g/mol. The lowest BCUT2D eigenvalue weighted by Crippen LogP contribution is -2.43. The Hall–Kier alpha value is 0.0400. The third kappa shape index (κ3) is 2.52. The molecule has 0 spiro atoms. The zero-order chi connectivity index (χ0) is 9.50. The van der Waals surface area contributed by atoms with E-state index in [1.54, 1.807) is 0 Å². The van der Waals surface area contributed by atoms with Gasteiger partial charge in [-0.25, -0.2) is 0 Å². The Bertz CT molecular complexity index is 242. The summed E-state index contributed by atoms with van der Waals surface area (Å²) in [5.74, 6) is 0. The molecular formula is C2H2BrF5O3S. The lowest BCUT2D eigenvalue weighted by atomic mass is 10.7. The summed E-state index contributed by atoms with van der Waals surface area (Å²) in [5.41, 5.74) is 0. The maximum Gasteiger partial charge on any atom is 0.472 e. The average Bonchev–Trinajstić information content (AvgIpc) is 1.58. The van der Waals surface area contributed by atoms with E-state index in [-0.39, 0.29) is 17.0 Å². The summed E-state index contributed by atoms with van der Waals surface area (Å²) in [7, 11) is -6.42. The number of alkyl halides is 5. The summed E-state index contributed by atoms with van der Waals surface area (Å²) in [6.45, 7) is 0. The molecule has 10 heteroatoms. The van der Waals surface area contributed by atoms with Crippen molar-refractivity contribution in [3.63, 3.8) is 0 Å². The van der Waals surface area contributed by atoms with Gasteiger partial charge in [0.2, 0.25) is 0 Å². The second kappa shape index (κ2) is 3.42. The van der Waals surface area contributed by atoms with Crippen LogP contribution in [0, 0.1) is 0 Å². The standard InChI is InChI=1S/C2HF5O3S.BrH/c3-1(4,5)2(6,7)11(8,9)10;/h(H,8,9,10);1H. The Morgan fingerprint density at radius 3 is 1.25 bits per heavy atom. The van der Waals surface area contributed by atoms with Gasteiger partial charge in [0.15, 0.2) is 0 Å². The van der Waals surface area contributed by atoms with Crippen LogP contribution >= 0.6 is 17.0 Å². The highest BCUT2D eigenvalue weighted by Gasteiger charge is 2.67. The van der Waals surface area contributed by atoms with Crippen LogP contribution in [0.3, 0.4) is 0 Å². The van der Waals surface area contributed by atoms with Crippen LogP contribution < -0.4 is 0 Å². The minimum Gasteiger partial charge on any atom is -0.281 e. The summed E-state index contributed by atoms with van der Waals surface area (Å²) in [6, 6.07) is 0. The minimum atomic E-state index is -6.42. The molecule has 0 rings (SSSR count). The molecule has 0 aliphatic heterocycles. The smallest absolute Gasteiger partial charge is 0.281 e. The second-order valence-electron chi connectivity index (χ2n) is 1.49. The van der Waals surface area contributed by atoms with Gasteiger partial charge in [-0.15, -0.1) is 17.0 Å². The summed E-state index contributed by atoms with van der Waals surface area (Å²) < 4.78 is 82.2. The van der Waals surface area contributed by atoms with Gasteiger partial charge in [0, 0.05) is 0 Å². The van der Waals surface area contributed by atoms with E-state index in [9.17, 15) is 30.4 Å². The molecule has 0 saturated carbocycles. The highest BCUT2D eigenvalue weighted by Crippen LogP contribution is 2.38. The molecule has 12 heavy (non-hydrogen) atoms. The first kappa shape index (κ1) is 14.6. The number of halogens is 6. The number of hydrogen-bond acceptors (Lipinski definition) is 2. The first-order valence-corrected chi connectivity index (χ1v) is 3.36. The molecule has 0 fully saturated rings. The highest BCUT2D eigenvalue weighted by molar-refractivity contribution is 8.93. The van der Waals surface area contributed by atoms with Crippen LogP contribution in [0.25, 0.3) is 0 Å². The van der Waals surface area contributed by atoms with Crippen molar-refractivity contribution in [1.29, 1.82) is 0 Å². The van der Waals surface area contributed by atoms with Gasteiger partial charge >= 0.3 is 21.5 Å². The Morgan fingerprint density at radius 1 is 1.00 bits per heavy atom. The SMILES string of the molecule is Br.O=S(=O)(O)C(F)(F)C(F)(F)F. The van der Waals surface area contributed by atoms with Crippen LogP contribution in [0.15, 0.2) is 0 Å². The summed E-state index contributed by atoms with van der Waals surface area (Å²) in [4.78, 5) is 0. The summed E-state index contributed by atoms with van der Waals surface area (Å²) in [5, 5.41) is -6.10. The zero-order valence-corrected chi connectivity index (χ0v) is 7.50. The van der Waals surface area contributed by atoms with Gasteiger partial charge in [0.05, 0.1) is 0 Å². The predicted octanol–water partition coefficient (Wildman–Crippen LogP) is 1.61. The van der Waals surface area contributed by atoms with Gasteiger partial charge in [-0.1, -0.05) is 0 Å². The fraction of sp³-hybridized carbons (Fsp3) is 1.00. The summed E-state index contributed by atoms with van der Waals surface area (Å²) in [6.07, 6.45) is -6.29. The van der Waals surface area contributed by atoms with Gasteiger partial charge in [0.1, 0.15) is 0 Å². The molecule has 0 saturated heterocycles. The topological polar surface area (TPSA) is 54.4 Å². The lowest BCUT2D eigenvalue weighted by molar-refractivity contribution is -0.243. The highest BCUT2D eigenvalue weighted by atomic mass is 79.9. The van der Waals surface area contributed by atoms with Crippen LogP contribution in [0.4, 0.5) is 22.0 Å². The Kier molecular flexibility index (Phi) is 4.15. The van der Waals surface area contributed by atoms with Crippen molar-refractivity contribution < 1.29 is 34.9 Å². The molecule has 1 N–H and O–H groups in total. The molecule has 0 amide bonds. The van der Waals surface area contributed by atoms with Gasteiger partial charge in [-0.2, -0.15) is 30.4 Å². The first-order valence-electron chi connectivity index (χ1n) is 1.91.